The topological polar surface area (TPSA) is 33.4 Å². The molecular formula is C20H17FN4S. The first-order valence-corrected chi connectivity index (χ1v) is 8.97. The van der Waals surface area contributed by atoms with Crippen LogP contribution in [0.15, 0.2) is 77.0 Å². The summed E-state index contributed by atoms with van der Waals surface area (Å²) in [5.41, 5.74) is 3.68. The van der Waals surface area contributed by atoms with Crippen LogP contribution in [-0.4, -0.2) is 28.5 Å². The molecule has 0 aliphatic carbocycles. The number of benzene rings is 2. The Hall–Kier alpha value is -2.86. The number of hydrogen-bond donors (Lipinski definition) is 0. The van der Waals surface area contributed by atoms with Gasteiger partial charge in [-0.05, 0) is 24.3 Å². The molecule has 0 unspecified atom stereocenters. The van der Waals surface area contributed by atoms with E-state index in [1.165, 1.54) is 17.8 Å². The minimum atomic E-state index is -0.242. The molecule has 2 heterocycles. The van der Waals surface area contributed by atoms with Crippen LogP contribution in [0.4, 0.5) is 10.1 Å². The maximum atomic E-state index is 14.0. The Morgan fingerprint density at radius 2 is 1.77 bits per heavy atom. The first kappa shape index (κ1) is 16.6. The molecule has 2 aromatic carbocycles. The van der Waals surface area contributed by atoms with E-state index in [1.807, 2.05) is 42.9 Å². The molecule has 0 bridgehead atoms. The van der Waals surface area contributed by atoms with Crippen molar-refractivity contribution in [3.63, 3.8) is 0 Å². The van der Waals surface area contributed by atoms with Crippen molar-refractivity contribution in [1.82, 2.24) is 14.4 Å². The van der Waals surface area contributed by atoms with Gasteiger partial charge in [-0.2, -0.15) is 0 Å². The molecule has 0 atom stereocenters. The molecule has 0 amide bonds. The maximum Gasteiger partial charge on any atom is 0.164 e. The Bertz CT molecular complexity index is 1060. The SMILES string of the molecule is CN(C)c1ccc(-c2ncc(Sc3ccccc3F)n3ccnc23)cc1. The summed E-state index contributed by atoms with van der Waals surface area (Å²) in [6.45, 7) is 0. The van der Waals surface area contributed by atoms with Crippen LogP contribution in [0.1, 0.15) is 0 Å². The highest BCUT2D eigenvalue weighted by molar-refractivity contribution is 7.99. The van der Waals surface area contributed by atoms with Crippen molar-refractivity contribution in [3.05, 3.63) is 72.9 Å². The lowest BCUT2D eigenvalue weighted by Gasteiger charge is -2.13. The lowest BCUT2D eigenvalue weighted by Crippen LogP contribution is -2.08. The van der Waals surface area contributed by atoms with Crippen LogP contribution >= 0.6 is 11.8 Å². The fourth-order valence-electron chi connectivity index (χ4n) is 2.73. The van der Waals surface area contributed by atoms with Crippen LogP contribution in [0.5, 0.6) is 0 Å². The van der Waals surface area contributed by atoms with E-state index >= 15 is 0 Å². The van der Waals surface area contributed by atoms with Gasteiger partial charge < -0.3 is 4.90 Å². The number of anilines is 1. The third-order valence-electron chi connectivity index (χ3n) is 4.10. The first-order chi connectivity index (χ1) is 12.6. The summed E-state index contributed by atoms with van der Waals surface area (Å²) >= 11 is 1.34. The summed E-state index contributed by atoms with van der Waals surface area (Å²) in [4.78, 5) is 11.7. The third-order valence-corrected chi connectivity index (χ3v) is 5.16. The number of fused-ring (bicyclic) bond motifs is 1. The van der Waals surface area contributed by atoms with Crippen molar-refractivity contribution >= 4 is 23.1 Å². The predicted molar refractivity (Wildman–Crippen MR) is 103 cm³/mol. The average molecular weight is 364 g/mol. The Kier molecular flexibility index (Phi) is 4.34. The number of imidazole rings is 1. The van der Waals surface area contributed by atoms with Crippen molar-refractivity contribution < 1.29 is 4.39 Å². The van der Waals surface area contributed by atoms with Crippen LogP contribution < -0.4 is 4.90 Å². The number of rotatable bonds is 4. The van der Waals surface area contributed by atoms with E-state index in [4.69, 9.17) is 0 Å². The number of hydrogen-bond acceptors (Lipinski definition) is 4. The van der Waals surface area contributed by atoms with Gasteiger partial charge in [0, 0.05) is 42.6 Å². The molecule has 0 saturated carbocycles. The van der Waals surface area contributed by atoms with Crippen LogP contribution in [0.3, 0.4) is 0 Å². The highest BCUT2D eigenvalue weighted by Crippen LogP contribution is 2.32. The molecule has 4 aromatic rings. The van der Waals surface area contributed by atoms with Gasteiger partial charge in [-0.25, -0.2) is 14.4 Å². The summed E-state index contributed by atoms with van der Waals surface area (Å²) in [5, 5.41) is 0.816. The number of halogens is 1. The molecule has 6 heteroatoms. The number of nitrogens with zero attached hydrogens (tertiary/aromatic N) is 4. The van der Waals surface area contributed by atoms with Gasteiger partial charge in [0.25, 0.3) is 0 Å². The molecule has 0 aliphatic heterocycles. The summed E-state index contributed by atoms with van der Waals surface area (Å²) in [7, 11) is 4.02. The molecule has 0 N–H and O–H groups in total. The Balaban J connectivity index is 1.75. The largest absolute Gasteiger partial charge is 0.378 e. The average Bonchev–Trinajstić information content (AvgIpc) is 3.14. The second-order valence-corrected chi connectivity index (χ2v) is 7.10. The summed E-state index contributed by atoms with van der Waals surface area (Å²) in [6, 6.07) is 14.9. The fraction of sp³-hybridized carbons (Fsp3) is 0.100. The van der Waals surface area contributed by atoms with Gasteiger partial charge in [0.15, 0.2) is 5.65 Å². The third kappa shape index (κ3) is 3.04. The zero-order valence-electron chi connectivity index (χ0n) is 14.4. The van der Waals surface area contributed by atoms with Crippen molar-refractivity contribution in [3.8, 4) is 11.3 Å². The monoisotopic (exact) mass is 364 g/mol. The van der Waals surface area contributed by atoms with E-state index in [9.17, 15) is 4.39 Å². The molecule has 2 aromatic heterocycles. The predicted octanol–water partition coefficient (Wildman–Crippen LogP) is 4.75. The molecule has 26 heavy (non-hydrogen) atoms. The molecule has 0 fully saturated rings. The van der Waals surface area contributed by atoms with E-state index in [-0.39, 0.29) is 5.82 Å². The lowest BCUT2D eigenvalue weighted by atomic mass is 10.1. The standard InChI is InChI=1S/C20H17FN4S/c1-24(2)15-9-7-14(8-10-15)19-20-22-11-12-25(20)18(13-23-19)26-17-6-4-3-5-16(17)21/h3-13H,1-2H3. The first-order valence-electron chi connectivity index (χ1n) is 8.16. The van der Waals surface area contributed by atoms with Crippen molar-refractivity contribution in [1.29, 1.82) is 0 Å². The van der Waals surface area contributed by atoms with E-state index in [0.717, 1.165) is 27.6 Å². The molecule has 130 valence electrons. The van der Waals surface area contributed by atoms with E-state index in [1.54, 1.807) is 24.5 Å². The second-order valence-electron chi connectivity index (χ2n) is 6.04. The minimum Gasteiger partial charge on any atom is -0.378 e. The highest BCUT2D eigenvalue weighted by Gasteiger charge is 2.13. The quantitative estimate of drug-likeness (QED) is 0.523. The molecule has 0 radical (unpaired) electrons. The summed E-state index contributed by atoms with van der Waals surface area (Å²) in [6.07, 6.45) is 5.37. The molecule has 0 spiro atoms. The Morgan fingerprint density at radius 3 is 2.50 bits per heavy atom. The van der Waals surface area contributed by atoms with Gasteiger partial charge in [-0.3, -0.25) is 4.40 Å². The fourth-order valence-corrected chi connectivity index (χ4v) is 3.62. The molecule has 0 aliphatic rings. The highest BCUT2D eigenvalue weighted by atomic mass is 32.2. The summed E-state index contributed by atoms with van der Waals surface area (Å²) in [5.74, 6) is -0.242. The van der Waals surface area contributed by atoms with Crippen LogP contribution in [0.2, 0.25) is 0 Å². The Labute approximate surface area is 155 Å². The minimum absolute atomic E-state index is 0.242. The van der Waals surface area contributed by atoms with Crippen LogP contribution in [0, 0.1) is 5.82 Å². The van der Waals surface area contributed by atoms with Gasteiger partial charge in [-0.1, -0.05) is 36.0 Å². The normalized spacial score (nSPS) is 11.0. The summed E-state index contributed by atoms with van der Waals surface area (Å²) < 4.78 is 15.9. The molecule has 0 saturated heterocycles. The van der Waals surface area contributed by atoms with Crippen molar-refractivity contribution in [2.24, 2.45) is 0 Å². The van der Waals surface area contributed by atoms with Gasteiger partial charge in [0.2, 0.25) is 0 Å². The molecule has 4 rings (SSSR count). The van der Waals surface area contributed by atoms with Gasteiger partial charge in [0.1, 0.15) is 16.5 Å². The zero-order chi connectivity index (χ0) is 18.1. The smallest absolute Gasteiger partial charge is 0.164 e. The maximum absolute atomic E-state index is 14.0. The lowest BCUT2D eigenvalue weighted by molar-refractivity contribution is 0.602. The van der Waals surface area contributed by atoms with Crippen LogP contribution in [0.25, 0.3) is 16.9 Å². The molecular weight excluding hydrogens is 347 g/mol. The number of aromatic nitrogens is 3. The molecule has 4 nitrogen and oxygen atoms in total. The van der Waals surface area contributed by atoms with E-state index in [0.29, 0.717) is 4.90 Å². The van der Waals surface area contributed by atoms with Gasteiger partial charge >= 0.3 is 0 Å². The van der Waals surface area contributed by atoms with Crippen molar-refractivity contribution in [2.75, 3.05) is 19.0 Å². The Morgan fingerprint density at radius 1 is 1.00 bits per heavy atom. The van der Waals surface area contributed by atoms with Gasteiger partial charge in [-0.15, -0.1) is 0 Å². The zero-order valence-corrected chi connectivity index (χ0v) is 15.2. The van der Waals surface area contributed by atoms with E-state index < -0.39 is 0 Å². The van der Waals surface area contributed by atoms with Gasteiger partial charge in [0.05, 0.1) is 6.20 Å². The van der Waals surface area contributed by atoms with E-state index in [2.05, 4.69) is 27.0 Å². The van der Waals surface area contributed by atoms with Crippen LogP contribution in [-0.2, 0) is 0 Å². The second kappa shape index (κ2) is 6.80. The van der Waals surface area contributed by atoms with Crippen molar-refractivity contribution in [2.45, 2.75) is 9.92 Å².